The maximum atomic E-state index is 12.8. The highest BCUT2D eigenvalue weighted by Crippen LogP contribution is 2.21. The number of para-hydroxylation sites is 2. The fourth-order valence-corrected chi connectivity index (χ4v) is 3.77. The summed E-state index contributed by atoms with van der Waals surface area (Å²) >= 11 is 0. The molecule has 1 fully saturated rings. The molecular weight excluding hydrogens is 366 g/mol. The van der Waals surface area contributed by atoms with Crippen LogP contribution in [0, 0.1) is 0 Å². The smallest absolute Gasteiger partial charge is 0.289 e. The van der Waals surface area contributed by atoms with E-state index in [0.717, 1.165) is 35.0 Å². The lowest BCUT2D eigenvalue weighted by Crippen LogP contribution is -2.48. The first kappa shape index (κ1) is 17.6. The Morgan fingerprint density at radius 2 is 1.76 bits per heavy atom. The average molecular weight is 387 g/mol. The first-order chi connectivity index (χ1) is 14.2. The number of benzene rings is 2. The topological polar surface area (TPSA) is 88.5 Å². The van der Waals surface area contributed by atoms with E-state index in [9.17, 15) is 4.79 Å². The van der Waals surface area contributed by atoms with Crippen molar-refractivity contribution in [2.45, 2.75) is 6.54 Å². The van der Waals surface area contributed by atoms with Crippen LogP contribution in [0.15, 0.2) is 59.0 Å². The van der Waals surface area contributed by atoms with Gasteiger partial charge in [0.05, 0.1) is 12.1 Å². The molecule has 0 spiro atoms. The summed E-state index contributed by atoms with van der Waals surface area (Å²) in [6, 6.07) is 17.2. The quantitative estimate of drug-likeness (QED) is 0.581. The van der Waals surface area contributed by atoms with Gasteiger partial charge in [-0.05, 0) is 24.3 Å². The van der Waals surface area contributed by atoms with E-state index >= 15 is 0 Å². The highest BCUT2D eigenvalue weighted by Gasteiger charge is 2.25. The molecule has 0 atom stereocenters. The Bertz CT molecular complexity index is 1160. The number of nitrogens with two attached hydrogens (primary N) is 1. The molecule has 1 saturated heterocycles. The van der Waals surface area contributed by atoms with Crippen molar-refractivity contribution in [2.24, 2.45) is 0 Å². The van der Waals surface area contributed by atoms with E-state index in [2.05, 4.69) is 14.9 Å². The lowest BCUT2D eigenvalue weighted by atomic mass is 10.2. The number of fused-ring (bicyclic) bond motifs is 2. The molecule has 0 aliphatic carbocycles. The van der Waals surface area contributed by atoms with Crippen LogP contribution in [0.4, 0.5) is 5.82 Å². The maximum absolute atomic E-state index is 12.8. The number of nitrogens with zero attached hydrogens (tertiary/aromatic N) is 4. The predicted octanol–water partition coefficient (Wildman–Crippen LogP) is 2.92. The zero-order chi connectivity index (χ0) is 19.8. The van der Waals surface area contributed by atoms with E-state index in [4.69, 9.17) is 10.2 Å². The number of hydrogen-bond donors (Lipinski definition) is 1. The Balaban J connectivity index is 1.25. The Labute approximate surface area is 167 Å². The number of furan rings is 1. The van der Waals surface area contributed by atoms with Crippen LogP contribution in [0.25, 0.3) is 21.9 Å². The van der Waals surface area contributed by atoms with Gasteiger partial charge in [0, 0.05) is 37.0 Å². The van der Waals surface area contributed by atoms with Crippen molar-refractivity contribution in [1.29, 1.82) is 0 Å². The van der Waals surface area contributed by atoms with Crippen molar-refractivity contribution in [1.82, 2.24) is 19.8 Å². The SMILES string of the molecule is Nc1nc(CN2CCN(C(=O)c3cc4ccccc4o3)CC2)nc2ccccc12. The summed E-state index contributed by atoms with van der Waals surface area (Å²) in [7, 11) is 0. The number of anilines is 1. The van der Waals surface area contributed by atoms with Gasteiger partial charge in [-0.2, -0.15) is 0 Å². The molecule has 0 radical (unpaired) electrons. The van der Waals surface area contributed by atoms with Gasteiger partial charge in [0.1, 0.15) is 17.2 Å². The van der Waals surface area contributed by atoms with Crippen molar-refractivity contribution in [3.05, 3.63) is 66.2 Å². The van der Waals surface area contributed by atoms with Crippen molar-refractivity contribution in [3.8, 4) is 0 Å². The molecule has 5 rings (SSSR count). The highest BCUT2D eigenvalue weighted by atomic mass is 16.3. The molecule has 2 N–H and O–H groups in total. The third kappa shape index (κ3) is 3.40. The summed E-state index contributed by atoms with van der Waals surface area (Å²) in [5.41, 5.74) is 7.68. The van der Waals surface area contributed by atoms with Crippen molar-refractivity contribution in [2.75, 3.05) is 31.9 Å². The van der Waals surface area contributed by atoms with Gasteiger partial charge >= 0.3 is 0 Å². The minimum atomic E-state index is -0.0629. The van der Waals surface area contributed by atoms with Gasteiger partial charge in [-0.15, -0.1) is 0 Å². The summed E-state index contributed by atoms with van der Waals surface area (Å²) < 4.78 is 5.72. The molecule has 0 saturated carbocycles. The maximum Gasteiger partial charge on any atom is 0.289 e. The van der Waals surface area contributed by atoms with Gasteiger partial charge in [-0.3, -0.25) is 9.69 Å². The molecule has 3 heterocycles. The first-order valence-electron chi connectivity index (χ1n) is 9.69. The molecule has 0 bridgehead atoms. The lowest BCUT2D eigenvalue weighted by Gasteiger charge is -2.33. The van der Waals surface area contributed by atoms with Gasteiger partial charge in [0.25, 0.3) is 5.91 Å². The summed E-state index contributed by atoms with van der Waals surface area (Å²) in [5, 5.41) is 1.82. The number of amides is 1. The first-order valence-corrected chi connectivity index (χ1v) is 9.69. The molecule has 4 aromatic rings. The Kier molecular flexibility index (Phi) is 4.37. The summed E-state index contributed by atoms with van der Waals surface area (Å²) in [6.45, 7) is 3.39. The zero-order valence-electron chi connectivity index (χ0n) is 15.9. The number of aromatic nitrogens is 2. The second kappa shape index (κ2) is 7.18. The van der Waals surface area contributed by atoms with E-state index in [0.29, 0.717) is 37.0 Å². The predicted molar refractivity (Wildman–Crippen MR) is 111 cm³/mol. The van der Waals surface area contributed by atoms with Crippen LogP contribution in [0.5, 0.6) is 0 Å². The highest BCUT2D eigenvalue weighted by molar-refractivity contribution is 5.96. The molecule has 1 aliphatic heterocycles. The molecule has 29 heavy (non-hydrogen) atoms. The number of nitrogen functional groups attached to an aromatic ring is 1. The van der Waals surface area contributed by atoms with E-state index in [1.807, 2.05) is 59.5 Å². The second-order valence-corrected chi connectivity index (χ2v) is 7.26. The molecule has 2 aromatic carbocycles. The minimum absolute atomic E-state index is 0.0629. The molecular formula is C22H21N5O2. The van der Waals surface area contributed by atoms with Crippen LogP contribution in [-0.2, 0) is 6.54 Å². The molecule has 7 heteroatoms. The fraction of sp³-hybridized carbons (Fsp3) is 0.227. The lowest BCUT2D eigenvalue weighted by molar-refractivity contribution is 0.0597. The van der Waals surface area contributed by atoms with Crippen LogP contribution >= 0.6 is 0 Å². The van der Waals surface area contributed by atoms with E-state index in [1.54, 1.807) is 0 Å². The molecule has 2 aromatic heterocycles. The Morgan fingerprint density at radius 3 is 2.59 bits per heavy atom. The van der Waals surface area contributed by atoms with Gasteiger partial charge in [-0.1, -0.05) is 30.3 Å². The van der Waals surface area contributed by atoms with E-state index in [1.165, 1.54) is 0 Å². The minimum Gasteiger partial charge on any atom is -0.451 e. The number of rotatable bonds is 3. The molecule has 0 unspecified atom stereocenters. The van der Waals surface area contributed by atoms with Crippen LogP contribution in [0.3, 0.4) is 0 Å². The van der Waals surface area contributed by atoms with E-state index < -0.39 is 0 Å². The van der Waals surface area contributed by atoms with Crippen LogP contribution in [-0.4, -0.2) is 51.9 Å². The monoisotopic (exact) mass is 387 g/mol. The summed E-state index contributed by atoms with van der Waals surface area (Å²) in [5.74, 6) is 1.54. The van der Waals surface area contributed by atoms with Gasteiger partial charge in [-0.25, -0.2) is 9.97 Å². The van der Waals surface area contributed by atoms with Crippen molar-refractivity contribution < 1.29 is 9.21 Å². The third-order valence-electron chi connectivity index (χ3n) is 5.34. The van der Waals surface area contributed by atoms with E-state index in [-0.39, 0.29) is 5.91 Å². The number of piperazine rings is 1. The Morgan fingerprint density at radius 1 is 1.00 bits per heavy atom. The molecule has 7 nitrogen and oxygen atoms in total. The van der Waals surface area contributed by atoms with Crippen LogP contribution in [0.2, 0.25) is 0 Å². The average Bonchev–Trinajstić information content (AvgIpc) is 3.18. The Hall–Kier alpha value is -3.45. The van der Waals surface area contributed by atoms with Crippen molar-refractivity contribution >= 4 is 33.6 Å². The second-order valence-electron chi connectivity index (χ2n) is 7.26. The van der Waals surface area contributed by atoms with Gasteiger partial charge < -0.3 is 15.1 Å². The molecule has 146 valence electrons. The number of hydrogen-bond acceptors (Lipinski definition) is 6. The normalized spacial score (nSPS) is 15.2. The largest absolute Gasteiger partial charge is 0.451 e. The number of carbonyl (C=O) groups is 1. The fourth-order valence-electron chi connectivity index (χ4n) is 3.77. The van der Waals surface area contributed by atoms with Gasteiger partial charge in [0.2, 0.25) is 0 Å². The van der Waals surface area contributed by atoms with Crippen LogP contribution < -0.4 is 5.73 Å². The van der Waals surface area contributed by atoms with Crippen molar-refractivity contribution in [3.63, 3.8) is 0 Å². The summed E-state index contributed by atoms with van der Waals surface area (Å²) in [6.07, 6.45) is 0. The zero-order valence-corrected chi connectivity index (χ0v) is 15.9. The third-order valence-corrected chi connectivity index (χ3v) is 5.34. The van der Waals surface area contributed by atoms with Crippen LogP contribution in [0.1, 0.15) is 16.4 Å². The molecule has 1 amide bonds. The molecule has 1 aliphatic rings. The summed E-state index contributed by atoms with van der Waals surface area (Å²) in [4.78, 5) is 26.0. The standard InChI is InChI=1S/C22H21N5O2/c23-21-16-6-2-3-7-17(16)24-20(25-21)14-26-9-11-27(12-10-26)22(28)19-13-15-5-1-4-8-18(15)29-19/h1-8,13H,9-12,14H2,(H2,23,24,25). The number of carbonyl (C=O) groups excluding carboxylic acids is 1. The van der Waals surface area contributed by atoms with Gasteiger partial charge in [0.15, 0.2) is 5.76 Å².